The molecule has 1 unspecified atom stereocenters. The van der Waals surface area contributed by atoms with E-state index < -0.39 is 17.9 Å². The van der Waals surface area contributed by atoms with Gasteiger partial charge >= 0.3 is 11.8 Å². The highest BCUT2D eigenvalue weighted by molar-refractivity contribution is 6.35. The molecule has 3 N–H and O–H groups in total. The zero-order valence-electron chi connectivity index (χ0n) is 11.7. The SMILES string of the molecule is CCNC(=O)C(=O)NCCC(O)c1ccc2c(c1)OCO2. The van der Waals surface area contributed by atoms with Gasteiger partial charge in [0, 0.05) is 13.1 Å². The molecule has 0 saturated carbocycles. The van der Waals surface area contributed by atoms with Crippen LogP contribution in [0.3, 0.4) is 0 Å². The van der Waals surface area contributed by atoms with Gasteiger partial charge in [-0.3, -0.25) is 9.59 Å². The lowest BCUT2D eigenvalue weighted by Crippen LogP contribution is -2.40. The molecule has 0 fully saturated rings. The summed E-state index contributed by atoms with van der Waals surface area (Å²) in [6, 6.07) is 5.18. The van der Waals surface area contributed by atoms with Crippen molar-refractivity contribution in [1.82, 2.24) is 10.6 Å². The van der Waals surface area contributed by atoms with E-state index in [0.717, 1.165) is 0 Å². The van der Waals surface area contributed by atoms with E-state index in [-0.39, 0.29) is 13.3 Å². The van der Waals surface area contributed by atoms with Gasteiger partial charge in [0.2, 0.25) is 6.79 Å². The summed E-state index contributed by atoms with van der Waals surface area (Å²) < 4.78 is 10.4. The maximum atomic E-state index is 11.4. The van der Waals surface area contributed by atoms with Gasteiger partial charge in [-0.25, -0.2) is 0 Å². The van der Waals surface area contributed by atoms with E-state index in [1.54, 1.807) is 25.1 Å². The van der Waals surface area contributed by atoms with Crippen molar-refractivity contribution in [2.24, 2.45) is 0 Å². The van der Waals surface area contributed by atoms with Crippen LogP contribution in [0.1, 0.15) is 25.0 Å². The molecule has 1 atom stereocenters. The van der Waals surface area contributed by atoms with Crippen LogP contribution in [0.4, 0.5) is 0 Å². The van der Waals surface area contributed by atoms with Crippen molar-refractivity contribution >= 4 is 11.8 Å². The van der Waals surface area contributed by atoms with E-state index in [1.165, 1.54) is 0 Å². The normalized spacial score (nSPS) is 13.6. The number of hydrogen-bond donors (Lipinski definition) is 3. The number of carbonyl (C=O) groups is 2. The van der Waals surface area contributed by atoms with E-state index in [1.807, 2.05) is 0 Å². The summed E-state index contributed by atoms with van der Waals surface area (Å²) in [5, 5.41) is 14.9. The number of rotatable bonds is 5. The summed E-state index contributed by atoms with van der Waals surface area (Å²) >= 11 is 0. The van der Waals surface area contributed by atoms with Crippen LogP contribution in [-0.4, -0.2) is 36.8 Å². The van der Waals surface area contributed by atoms with E-state index >= 15 is 0 Å². The summed E-state index contributed by atoms with van der Waals surface area (Å²) in [7, 11) is 0. The smallest absolute Gasteiger partial charge is 0.309 e. The van der Waals surface area contributed by atoms with Crippen LogP contribution in [0.2, 0.25) is 0 Å². The van der Waals surface area contributed by atoms with Crippen LogP contribution in [0.25, 0.3) is 0 Å². The molecule has 2 rings (SSSR count). The molecule has 1 aliphatic rings. The molecule has 1 heterocycles. The Morgan fingerprint density at radius 3 is 2.71 bits per heavy atom. The lowest BCUT2D eigenvalue weighted by atomic mass is 10.1. The number of aliphatic hydroxyl groups excluding tert-OH is 1. The molecule has 0 aromatic heterocycles. The molecular formula is C14H18N2O5. The predicted octanol–water partition coefficient (Wildman–Crippen LogP) is 0.0911. The Morgan fingerprint density at radius 2 is 1.95 bits per heavy atom. The molecule has 0 radical (unpaired) electrons. The number of ether oxygens (including phenoxy) is 2. The first kappa shape index (κ1) is 15.1. The topological polar surface area (TPSA) is 96.9 Å². The minimum Gasteiger partial charge on any atom is -0.454 e. The summed E-state index contributed by atoms with van der Waals surface area (Å²) in [6.07, 6.45) is -0.459. The Kier molecular flexibility index (Phi) is 4.99. The van der Waals surface area contributed by atoms with Crippen molar-refractivity contribution in [1.29, 1.82) is 0 Å². The molecule has 0 spiro atoms. The van der Waals surface area contributed by atoms with Gasteiger partial charge in [0.25, 0.3) is 0 Å². The van der Waals surface area contributed by atoms with Crippen molar-refractivity contribution in [3.8, 4) is 11.5 Å². The van der Waals surface area contributed by atoms with Gasteiger partial charge in [-0.05, 0) is 31.0 Å². The molecule has 0 bridgehead atoms. The van der Waals surface area contributed by atoms with Crippen LogP contribution in [0, 0.1) is 0 Å². The second kappa shape index (κ2) is 6.94. The maximum absolute atomic E-state index is 11.4. The largest absolute Gasteiger partial charge is 0.454 e. The van der Waals surface area contributed by atoms with Crippen molar-refractivity contribution in [3.05, 3.63) is 23.8 Å². The molecule has 1 aromatic rings. The molecule has 2 amide bonds. The minimum atomic E-state index is -0.756. The standard InChI is InChI=1S/C14H18N2O5/c1-2-15-13(18)14(19)16-6-5-10(17)9-3-4-11-12(7-9)21-8-20-11/h3-4,7,10,17H,2,5-6,8H2,1H3,(H,15,18)(H,16,19). The molecule has 7 nitrogen and oxygen atoms in total. The van der Waals surface area contributed by atoms with Gasteiger partial charge in [-0.1, -0.05) is 6.07 Å². The zero-order valence-corrected chi connectivity index (χ0v) is 11.7. The molecule has 21 heavy (non-hydrogen) atoms. The Bertz CT molecular complexity index is 532. The van der Waals surface area contributed by atoms with Gasteiger partial charge in [0.05, 0.1) is 6.10 Å². The number of carbonyl (C=O) groups excluding carboxylic acids is 2. The average Bonchev–Trinajstić information content (AvgIpc) is 2.94. The molecule has 114 valence electrons. The van der Waals surface area contributed by atoms with Gasteiger partial charge in [-0.2, -0.15) is 0 Å². The molecule has 0 aliphatic carbocycles. The van der Waals surface area contributed by atoms with Crippen molar-refractivity contribution < 1.29 is 24.2 Å². The third-order valence-electron chi connectivity index (χ3n) is 3.03. The Hall–Kier alpha value is -2.28. The number of aliphatic hydroxyl groups is 1. The third-order valence-corrected chi connectivity index (χ3v) is 3.03. The number of hydrogen-bond acceptors (Lipinski definition) is 5. The molecule has 1 aromatic carbocycles. The highest BCUT2D eigenvalue weighted by Crippen LogP contribution is 2.34. The fraction of sp³-hybridized carbons (Fsp3) is 0.429. The van der Waals surface area contributed by atoms with Gasteiger partial charge in [0.1, 0.15) is 0 Å². The minimum absolute atomic E-state index is 0.178. The lowest BCUT2D eigenvalue weighted by Gasteiger charge is -2.12. The first-order valence-corrected chi connectivity index (χ1v) is 6.75. The summed E-state index contributed by atoms with van der Waals surface area (Å²) in [6.45, 7) is 2.50. The van der Waals surface area contributed by atoms with Crippen LogP contribution in [-0.2, 0) is 9.59 Å². The summed E-state index contributed by atoms with van der Waals surface area (Å²) in [5.74, 6) is -0.127. The molecule has 7 heteroatoms. The van der Waals surface area contributed by atoms with Gasteiger partial charge in [-0.15, -0.1) is 0 Å². The number of amides is 2. The number of fused-ring (bicyclic) bond motifs is 1. The maximum Gasteiger partial charge on any atom is 0.309 e. The second-order valence-corrected chi connectivity index (χ2v) is 4.53. The number of benzene rings is 1. The second-order valence-electron chi connectivity index (χ2n) is 4.53. The van der Waals surface area contributed by atoms with Crippen molar-refractivity contribution in [3.63, 3.8) is 0 Å². The van der Waals surface area contributed by atoms with Crippen LogP contribution in [0.5, 0.6) is 11.5 Å². The Balaban J connectivity index is 1.81. The first-order valence-electron chi connectivity index (χ1n) is 6.75. The van der Waals surface area contributed by atoms with Crippen LogP contribution >= 0.6 is 0 Å². The molecule has 0 saturated heterocycles. The Morgan fingerprint density at radius 1 is 1.24 bits per heavy atom. The fourth-order valence-corrected chi connectivity index (χ4v) is 1.93. The fourth-order valence-electron chi connectivity index (χ4n) is 1.93. The lowest BCUT2D eigenvalue weighted by molar-refractivity contribution is -0.139. The Labute approximate surface area is 122 Å². The van der Waals surface area contributed by atoms with Crippen molar-refractivity contribution in [2.45, 2.75) is 19.4 Å². The third kappa shape index (κ3) is 3.85. The number of likely N-dealkylation sites (N-methyl/N-ethyl adjacent to an activating group) is 1. The molecular weight excluding hydrogens is 276 g/mol. The van der Waals surface area contributed by atoms with Crippen LogP contribution < -0.4 is 20.1 Å². The quantitative estimate of drug-likeness (QED) is 0.669. The van der Waals surface area contributed by atoms with Crippen molar-refractivity contribution in [2.75, 3.05) is 19.9 Å². The van der Waals surface area contributed by atoms with E-state index in [2.05, 4.69) is 10.6 Å². The van der Waals surface area contributed by atoms with Gasteiger partial charge < -0.3 is 25.2 Å². The van der Waals surface area contributed by atoms with E-state index in [0.29, 0.717) is 30.0 Å². The van der Waals surface area contributed by atoms with E-state index in [4.69, 9.17) is 9.47 Å². The monoisotopic (exact) mass is 294 g/mol. The molecule has 1 aliphatic heterocycles. The zero-order chi connectivity index (χ0) is 15.2. The highest BCUT2D eigenvalue weighted by Gasteiger charge is 2.17. The summed E-state index contributed by atoms with van der Waals surface area (Å²) in [4.78, 5) is 22.6. The highest BCUT2D eigenvalue weighted by atomic mass is 16.7. The predicted molar refractivity (Wildman–Crippen MR) is 73.8 cm³/mol. The first-order chi connectivity index (χ1) is 10.1. The van der Waals surface area contributed by atoms with Gasteiger partial charge in [0.15, 0.2) is 11.5 Å². The summed E-state index contributed by atoms with van der Waals surface area (Å²) in [5.41, 5.74) is 0.673. The average molecular weight is 294 g/mol. The van der Waals surface area contributed by atoms with E-state index in [9.17, 15) is 14.7 Å². The van der Waals surface area contributed by atoms with Crippen LogP contribution in [0.15, 0.2) is 18.2 Å². The number of nitrogens with one attached hydrogen (secondary N) is 2.